The topological polar surface area (TPSA) is 43.6 Å². The zero-order chi connectivity index (χ0) is 37.0. The second-order valence-corrected chi connectivity index (χ2v) is 15.1. The van der Waals surface area contributed by atoms with E-state index in [0.717, 1.165) is 44.6 Å². The molecule has 3 heterocycles. The summed E-state index contributed by atoms with van der Waals surface area (Å²) in [5.74, 6) is 1.91. The van der Waals surface area contributed by atoms with Gasteiger partial charge in [-0.25, -0.2) is 15.0 Å². The van der Waals surface area contributed by atoms with Gasteiger partial charge < -0.3 is 4.57 Å². The molecule has 262 valence electrons. The third-order valence-electron chi connectivity index (χ3n) is 10.6. The molecule has 0 radical (unpaired) electrons. The van der Waals surface area contributed by atoms with Crippen molar-refractivity contribution in [2.75, 3.05) is 0 Å². The van der Waals surface area contributed by atoms with Gasteiger partial charge in [-0.2, -0.15) is 0 Å². The van der Waals surface area contributed by atoms with E-state index in [-0.39, 0.29) is 0 Å². The van der Waals surface area contributed by atoms with Crippen LogP contribution in [0.2, 0.25) is 0 Å². The summed E-state index contributed by atoms with van der Waals surface area (Å²) in [5.41, 5.74) is 10.8. The number of benzene rings is 8. The first-order chi connectivity index (χ1) is 27.7. The van der Waals surface area contributed by atoms with E-state index < -0.39 is 0 Å². The van der Waals surface area contributed by atoms with E-state index in [2.05, 4.69) is 162 Å². The average Bonchev–Trinajstić information content (AvgIpc) is 3.83. The third kappa shape index (κ3) is 5.48. The number of nitrogens with zero attached hydrogens (tertiary/aromatic N) is 4. The second kappa shape index (κ2) is 13.3. The van der Waals surface area contributed by atoms with Crippen LogP contribution in [0, 0.1) is 0 Å². The Hall–Kier alpha value is -7.21. The summed E-state index contributed by atoms with van der Waals surface area (Å²) in [6, 6.07) is 68.5. The Morgan fingerprint density at radius 2 is 0.839 bits per heavy atom. The average molecular weight is 733 g/mol. The molecule has 0 fully saturated rings. The molecule has 0 N–H and O–H groups in total. The van der Waals surface area contributed by atoms with E-state index in [4.69, 9.17) is 15.0 Å². The first kappa shape index (κ1) is 32.2. The SMILES string of the molecule is c1ccc(-c2cccc(-c3nc(-c4ccccc4)nc(-c4cccc(-c5cccc(-n6c7ccccc7c7ccc8c9ccccc9sc8c76)c5)c4)n3)c2)cc1. The highest BCUT2D eigenvalue weighted by atomic mass is 32.1. The zero-order valence-electron chi connectivity index (χ0n) is 30.2. The molecule has 0 unspecified atom stereocenters. The molecular formula is C51H32N4S. The van der Waals surface area contributed by atoms with Gasteiger partial charge in [0.2, 0.25) is 0 Å². The van der Waals surface area contributed by atoms with Crippen LogP contribution in [0.3, 0.4) is 0 Å². The molecule has 0 aliphatic carbocycles. The Labute approximate surface area is 327 Å². The van der Waals surface area contributed by atoms with Crippen molar-refractivity contribution in [2.45, 2.75) is 0 Å². The predicted octanol–water partition coefficient (Wildman–Crippen LogP) is 13.7. The van der Waals surface area contributed by atoms with Gasteiger partial charge in [0.25, 0.3) is 0 Å². The summed E-state index contributed by atoms with van der Waals surface area (Å²) in [4.78, 5) is 15.2. The number of rotatable bonds is 6. The smallest absolute Gasteiger partial charge is 0.164 e. The molecule has 0 atom stereocenters. The zero-order valence-corrected chi connectivity index (χ0v) is 31.0. The number of fused-ring (bicyclic) bond motifs is 7. The molecule has 11 aromatic rings. The quantitative estimate of drug-likeness (QED) is 0.171. The molecule has 0 aliphatic heterocycles. The first-order valence-corrected chi connectivity index (χ1v) is 19.6. The number of aromatic nitrogens is 4. The van der Waals surface area contributed by atoms with Crippen LogP contribution >= 0.6 is 11.3 Å². The van der Waals surface area contributed by atoms with Crippen molar-refractivity contribution in [3.63, 3.8) is 0 Å². The Balaban J connectivity index is 1.05. The number of para-hydroxylation sites is 1. The van der Waals surface area contributed by atoms with Crippen LogP contribution in [0.1, 0.15) is 0 Å². The largest absolute Gasteiger partial charge is 0.308 e. The van der Waals surface area contributed by atoms with Gasteiger partial charge in [0.15, 0.2) is 17.5 Å². The molecule has 0 amide bonds. The van der Waals surface area contributed by atoms with Crippen LogP contribution < -0.4 is 0 Å². The van der Waals surface area contributed by atoms with Crippen LogP contribution in [0.5, 0.6) is 0 Å². The lowest BCUT2D eigenvalue weighted by molar-refractivity contribution is 1.07. The van der Waals surface area contributed by atoms with Crippen LogP contribution in [-0.2, 0) is 0 Å². The van der Waals surface area contributed by atoms with Gasteiger partial charge in [-0.1, -0.05) is 158 Å². The van der Waals surface area contributed by atoms with Gasteiger partial charge in [-0.15, -0.1) is 11.3 Å². The Kier molecular flexibility index (Phi) is 7.64. The van der Waals surface area contributed by atoms with Crippen molar-refractivity contribution >= 4 is 53.3 Å². The van der Waals surface area contributed by atoms with E-state index in [9.17, 15) is 0 Å². The van der Waals surface area contributed by atoms with Crippen LogP contribution in [0.25, 0.3) is 104 Å². The van der Waals surface area contributed by atoms with E-state index in [1.807, 2.05) is 47.7 Å². The molecule has 0 aliphatic rings. The monoisotopic (exact) mass is 732 g/mol. The van der Waals surface area contributed by atoms with Crippen molar-refractivity contribution in [1.29, 1.82) is 0 Å². The molecule has 3 aromatic heterocycles. The Morgan fingerprint density at radius 1 is 0.339 bits per heavy atom. The van der Waals surface area contributed by atoms with Crippen molar-refractivity contribution in [3.8, 4) is 62.1 Å². The van der Waals surface area contributed by atoms with Crippen LogP contribution in [0.4, 0.5) is 0 Å². The van der Waals surface area contributed by atoms with Gasteiger partial charge in [0, 0.05) is 48.6 Å². The Bertz CT molecular complexity index is 3250. The minimum Gasteiger partial charge on any atom is -0.308 e. The summed E-state index contributed by atoms with van der Waals surface area (Å²) in [6.07, 6.45) is 0. The lowest BCUT2D eigenvalue weighted by Crippen LogP contribution is -2.00. The number of hydrogen-bond donors (Lipinski definition) is 0. The molecule has 11 rings (SSSR count). The number of hydrogen-bond acceptors (Lipinski definition) is 4. The normalized spacial score (nSPS) is 11.6. The fourth-order valence-corrected chi connectivity index (χ4v) is 9.22. The fourth-order valence-electron chi connectivity index (χ4n) is 7.98. The van der Waals surface area contributed by atoms with E-state index in [1.165, 1.54) is 42.0 Å². The van der Waals surface area contributed by atoms with Crippen molar-refractivity contribution < 1.29 is 0 Å². The fraction of sp³-hybridized carbons (Fsp3) is 0. The lowest BCUT2D eigenvalue weighted by atomic mass is 10.0. The van der Waals surface area contributed by atoms with E-state index >= 15 is 0 Å². The maximum absolute atomic E-state index is 5.12. The summed E-state index contributed by atoms with van der Waals surface area (Å²) in [5, 5.41) is 5.12. The standard InChI is InChI=1S/C51H32N4S/c1-3-14-33(15-4-1)35-18-11-21-38(30-35)50-52-49(34-16-5-2-6-17-34)53-51(54-50)39-22-12-19-36(31-39)37-20-13-23-40(32-37)55-45-26-9-7-24-41(45)43-28-29-44-42-25-8-10-27-46(42)56-48(44)47(43)55/h1-32H. The van der Waals surface area contributed by atoms with E-state index in [0.29, 0.717) is 17.5 Å². The van der Waals surface area contributed by atoms with Gasteiger partial charge in [0.1, 0.15) is 0 Å². The molecule has 0 saturated carbocycles. The van der Waals surface area contributed by atoms with Gasteiger partial charge in [-0.3, -0.25) is 0 Å². The minimum atomic E-state index is 0.631. The highest BCUT2D eigenvalue weighted by Gasteiger charge is 2.19. The lowest BCUT2D eigenvalue weighted by Gasteiger charge is -2.12. The maximum atomic E-state index is 5.12. The van der Waals surface area contributed by atoms with Crippen molar-refractivity contribution in [2.24, 2.45) is 0 Å². The third-order valence-corrected chi connectivity index (χ3v) is 11.8. The molecule has 8 aromatic carbocycles. The van der Waals surface area contributed by atoms with Gasteiger partial charge in [-0.05, 0) is 58.7 Å². The van der Waals surface area contributed by atoms with Gasteiger partial charge >= 0.3 is 0 Å². The van der Waals surface area contributed by atoms with E-state index in [1.54, 1.807) is 0 Å². The highest BCUT2D eigenvalue weighted by molar-refractivity contribution is 7.26. The molecular weight excluding hydrogens is 701 g/mol. The number of thiophene rings is 1. The summed E-state index contributed by atoms with van der Waals surface area (Å²) < 4.78 is 5.06. The predicted molar refractivity (Wildman–Crippen MR) is 234 cm³/mol. The molecule has 4 nitrogen and oxygen atoms in total. The molecule has 0 spiro atoms. The summed E-state index contributed by atoms with van der Waals surface area (Å²) in [6.45, 7) is 0. The first-order valence-electron chi connectivity index (χ1n) is 18.8. The molecule has 0 bridgehead atoms. The van der Waals surface area contributed by atoms with Crippen molar-refractivity contribution in [3.05, 3.63) is 194 Å². The molecule has 5 heteroatoms. The summed E-state index contributed by atoms with van der Waals surface area (Å²) in [7, 11) is 0. The molecule has 0 saturated heterocycles. The summed E-state index contributed by atoms with van der Waals surface area (Å²) >= 11 is 1.87. The van der Waals surface area contributed by atoms with Crippen LogP contribution in [0.15, 0.2) is 194 Å². The molecule has 56 heavy (non-hydrogen) atoms. The minimum absolute atomic E-state index is 0.631. The van der Waals surface area contributed by atoms with Gasteiger partial charge in [0.05, 0.1) is 15.7 Å². The van der Waals surface area contributed by atoms with Crippen LogP contribution in [-0.4, -0.2) is 19.5 Å². The Morgan fingerprint density at radius 3 is 1.55 bits per heavy atom. The van der Waals surface area contributed by atoms with Crippen molar-refractivity contribution in [1.82, 2.24) is 19.5 Å². The maximum Gasteiger partial charge on any atom is 0.164 e. The second-order valence-electron chi connectivity index (χ2n) is 14.0. The highest BCUT2D eigenvalue weighted by Crippen LogP contribution is 2.43.